The van der Waals surface area contributed by atoms with E-state index in [-0.39, 0.29) is 23.3 Å². The summed E-state index contributed by atoms with van der Waals surface area (Å²) in [6.45, 7) is 5.98. The van der Waals surface area contributed by atoms with Gasteiger partial charge < -0.3 is 16.0 Å². The third-order valence-corrected chi connectivity index (χ3v) is 3.74. The molecule has 0 saturated carbocycles. The Morgan fingerprint density at radius 2 is 1.96 bits per heavy atom. The number of carbonyl (C=O) groups is 2. The van der Waals surface area contributed by atoms with Crippen LogP contribution in [0.25, 0.3) is 0 Å². The van der Waals surface area contributed by atoms with Crippen molar-refractivity contribution >= 4 is 11.8 Å². The molecule has 0 radical (unpaired) electrons. The third kappa shape index (κ3) is 5.88. The molecule has 0 heterocycles. The third-order valence-electron chi connectivity index (χ3n) is 3.74. The largest absolute Gasteiger partial charge is 0.349 e. The van der Waals surface area contributed by atoms with Crippen molar-refractivity contribution in [3.63, 3.8) is 0 Å². The summed E-state index contributed by atoms with van der Waals surface area (Å²) >= 11 is 0. The number of hydrogen-bond donors (Lipinski definition) is 2. The maximum atomic E-state index is 14.0. The number of rotatable bonds is 7. The van der Waals surface area contributed by atoms with Gasteiger partial charge in [0.05, 0.1) is 12.5 Å². The van der Waals surface area contributed by atoms with E-state index >= 15 is 0 Å². The second kappa shape index (κ2) is 8.19. The smallest absolute Gasteiger partial charge is 0.224 e. The Labute approximate surface area is 141 Å². The van der Waals surface area contributed by atoms with Crippen LogP contribution in [0.3, 0.4) is 0 Å². The number of halogens is 2. The molecule has 3 N–H and O–H groups in total. The lowest BCUT2D eigenvalue weighted by Crippen LogP contribution is -2.41. The molecular weight excluding hydrogens is 316 g/mol. The molecule has 0 bridgehead atoms. The van der Waals surface area contributed by atoms with Crippen molar-refractivity contribution in [3.8, 4) is 0 Å². The first-order valence-corrected chi connectivity index (χ1v) is 7.72. The summed E-state index contributed by atoms with van der Waals surface area (Å²) in [7, 11) is 1.63. The molecule has 0 spiro atoms. The molecule has 1 unspecified atom stereocenters. The number of nitrogens with zero attached hydrogens (tertiary/aromatic N) is 1. The van der Waals surface area contributed by atoms with Crippen molar-refractivity contribution in [2.24, 2.45) is 11.1 Å². The molecule has 0 aliphatic heterocycles. The zero-order chi connectivity index (χ0) is 18.5. The molecule has 0 aliphatic rings. The number of hydrogen-bond acceptors (Lipinski definition) is 3. The van der Waals surface area contributed by atoms with Crippen LogP contribution in [0.4, 0.5) is 8.78 Å². The average Bonchev–Trinajstić information content (AvgIpc) is 2.45. The molecule has 5 nitrogen and oxygen atoms in total. The molecule has 7 heteroatoms. The number of benzene rings is 1. The number of amides is 2. The van der Waals surface area contributed by atoms with Gasteiger partial charge in [-0.3, -0.25) is 9.59 Å². The van der Waals surface area contributed by atoms with E-state index in [9.17, 15) is 18.4 Å². The van der Waals surface area contributed by atoms with Gasteiger partial charge >= 0.3 is 0 Å². The standard InChI is InChI=1S/C17H25F2N3O2/c1-11(23)21-15(13-6-5-12(18)7-14(13)19)8-16(24)22(4)10-17(2,3)9-20/h5-7,15H,8-10,20H2,1-4H3,(H,21,23). The zero-order valence-electron chi connectivity index (χ0n) is 14.5. The van der Waals surface area contributed by atoms with E-state index in [1.807, 2.05) is 13.8 Å². The van der Waals surface area contributed by atoms with Crippen LogP contribution in [-0.2, 0) is 9.59 Å². The van der Waals surface area contributed by atoms with Crippen LogP contribution in [0.15, 0.2) is 18.2 Å². The molecule has 24 heavy (non-hydrogen) atoms. The molecule has 0 aromatic heterocycles. The van der Waals surface area contributed by atoms with Gasteiger partial charge in [0.1, 0.15) is 11.6 Å². The summed E-state index contributed by atoms with van der Waals surface area (Å²) in [6.07, 6.45) is -0.126. The van der Waals surface area contributed by atoms with Gasteiger partial charge in [0.25, 0.3) is 0 Å². The highest BCUT2D eigenvalue weighted by Crippen LogP contribution is 2.23. The second-order valence-corrected chi connectivity index (χ2v) is 6.74. The second-order valence-electron chi connectivity index (χ2n) is 6.74. The number of nitrogens with one attached hydrogen (secondary N) is 1. The minimum Gasteiger partial charge on any atom is -0.349 e. The van der Waals surface area contributed by atoms with Crippen LogP contribution in [0.1, 0.15) is 38.8 Å². The lowest BCUT2D eigenvalue weighted by Gasteiger charge is -2.30. The molecule has 1 aromatic rings. The highest BCUT2D eigenvalue weighted by atomic mass is 19.1. The molecule has 0 fully saturated rings. The van der Waals surface area contributed by atoms with Gasteiger partial charge in [0.15, 0.2) is 0 Å². The van der Waals surface area contributed by atoms with Gasteiger partial charge in [0, 0.05) is 32.1 Å². The van der Waals surface area contributed by atoms with E-state index in [0.717, 1.165) is 12.1 Å². The van der Waals surface area contributed by atoms with Crippen molar-refractivity contribution in [3.05, 3.63) is 35.4 Å². The minimum atomic E-state index is -0.862. The molecule has 1 aromatic carbocycles. The first-order valence-electron chi connectivity index (χ1n) is 7.72. The zero-order valence-corrected chi connectivity index (χ0v) is 14.5. The van der Waals surface area contributed by atoms with Crippen molar-refractivity contribution < 1.29 is 18.4 Å². The van der Waals surface area contributed by atoms with Gasteiger partial charge in [-0.15, -0.1) is 0 Å². The topological polar surface area (TPSA) is 75.4 Å². The fraction of sp³-hybridized carbons (Fsp3) is 0.529. The molecule has 0 aliphatic carbocycles. The van der Waals surface area contributed by atoms with Gasteiger partial charge in [0.2, 0.25) is 11.8 Å². The maximum Gasteiger partial charge on any atom is 0.224 e. The molecule has 0 saturated heterocycles. The Kier molecular flexibility index (Phi) is 6.83. The molecule has 134 valence electrons. The Morgan fingerprint density at radius 3 is 2.46 bits per heavy atom. The average molecular weight is 341 g/mol. The van der Waals surface area contributed by atoms with E-state index in [4.69, 9.17) is 5.73 Å². The summed E-state index contributed by atoms with van der Waals surface area (Å²) in [4.78, 5) is 25.3. The van der Waals surface area contributed by atoms with Crippen LogP contribution < -0.4 is 11.1 Å². The Balaban J connectivity index is 2.93. The van der Waals surface area contributed by atoms with E-state index < -0.39 is 23.6 Å². The highest BCUT2D eigenvalue weighted by molar-refractivity contribution is 5.79. The Hall–Kier alpha value is -2.02. The van der Waals surface area contributed by atoms with Crippen molar-refractivity contribution in [2.45, 2.75) is 33.2 Å². The van der Waals surface area contributed by atoms with E-state index in [0.29, 0.717) is 13.1 Å². The van der Waals surface area contributed by atoms with E-state index in [1.54, 1.807) is 7.05 Å². The van der Waals surface area contributed by atoms with Crippen LogP contribution in [0.2, 0.25) is 0 Å². The first kappa shape index (κ1) is 20.0. The molecular formula is C17H25F2N3O2. The number of carbonyl (C=O) groups excluding carboxylic acids is 2. The fourth-order valence-corrected chi connectivity index (χ4v) is 2.39. The summed E-state index contributed by atoms with van der Waals surface area (Å²) < 4.78 is 27.1. The predicted molar refractivity (Wildman–Crippen MR) is 88.0 cm³/mol. The van der Waals surface area contributed by atoms with Crippen LogP contribution in [0, 0.1) is 17.0 Å². The summed E-state index contributed by atoms with van der Waals surface area (Å²) in [6, 6.07) is 2.20. The summed E-state index contributed by atoms with van der Waals surface area (Å²) in [5, 5.41) is 2.55. The van der Waals surface area contributed by atoms with Crippen LogP contribution in [0.5, 0.6) is 0 Å². The highest BCUT2D eigenvalue weighted by Gasteiger charge is 2.25. The van der Waals surface area contributed by atoms with Crippen molar-refractivity contribution in [1.29, 1.82) is 0 Å². The van der Waals surface area contributed by atoms with Crippen LogP contribution in [-0.4, -0.2) is 36.9 Å². The monoisotopic (exact) mass is 341 g/mol. The quantitative estimate of drug-likeness (QED) is 0.796. The maximum absolute atomic E-state index is 14.0. The van der Waals surface area contributed by atoms with Gasteiger partial charge in [-0.1, -0.05) is 19.9 Å². The Morgan fingerprint density at radius 1 is 1.33 bits per heavy atom. The lowest BCUT2D eigenvalue weighted by molar-refractivity contribution is -0.132. The fourth-order valence-electron chi connectivity index (χ4n) is 2.39. The molecule has 2 amide bonds. The minimum absolute atomic E-state index is 0.0754. The summed E-state index contributed by atoms with van der Waals surface area (Å²) in [5.41, 5.74) is 5.49. The molecule has 1 atom stereocenters. The Bertz CT molecular complexity index is 605. The van der Waals surface area contributed by atoms with Crippen LogP contribution >= 0.6 is 0 Å². The van der Waals surface area contributed by atoms with Gasteiger partial charge in [-0.25, -0.2) is 8.78 Å². The SMILES string of the molecule is CC(=O)NC(CC(=O)N(C)CC(C)(C)CN)c1ccc(F)cc1F. The van der Waals surface area contributed by atoms with E-state index in [1.165, 1.54) is 17.9 Å². The van der Waals surface area contributed by atoms with Crippen molar-refractivity contribution in [1.82, 2.24) is 10.2 Å². The normalized spacial score (nSPS) is 12.6. The summed E-state index contributed by atoms with van der Waals surface area (Å²) in [5.74, 6) is -2.18. The predicted octanol–water partition coefficient (Wildman–Crippen LogP) is 1.98. The number of nitrogens with two attached hydrogens (primary N) is 1. The first-order chi connectivity index (χ1) is 11.1. The van der Waals surface area contributed by atoms with Crippen molar-refractivity contribution in [2.75, 3.05) is 20.1 Å². The molecule has 1 rings (SSSR count). The van der Waals surface area contributed by atoms with E-state index in [2.05, 4.69) is 5.32 Å². The van der Waals surface area contributed by atoms with Gasteiger partial charge in [-0.2, -0.15) is 0 Å². The lowest BCUT2D eigenvalue weighted by atomic mass is 9.93. The van der Waals surface area contributed by atoms with Gasteiger partial charge in [-0.05, 0) is 18.0 Å².